The molecule has 0 saturated carbocycles. The maximum atomic E-state index is 13.5. The van der Waals surface area contributed by atoms with Crippen LogP contribution in [0.1, 0.15) is 13.3 Å². The first-order valence-electron chi connectivity index (χ1n) is 5.52. The summed E-state index contributed by atoms with van der Waals surface area (Å²) in [4.78, 5) is -0.638. The average Bonchev–Trinajstić information content (AvgIpc) is 2.28. The molecule has 1 saturated heterocycles. The van der Waals surface area contributed by atoms with Gasteiger partial charge in [-0.2, -0.15) is 4.31 Å². The predicted molar refractivity (Wildman–Crippen MR) is 62.3 cm³/mol. The highest BCUT2D eigenvalue weighted by Crippen LogP contribution is 2.29. The quantitative estimate of drug-likeness (QED) is 0.898. The van der Waals surface area contributed by atoms with Gasteiger partial charge in [0.05, 0.1) is 0 Å². The standard InChI is InChI=1S/C11H14F2N2O2S/c1-2-11(14)6-15(7-11)18(16,17)10-5-8(12)3-4-9(10)13/h3-5H,2,6-7,14H2,1H3. The number of hydrogen-bond acceptors (Lipinski definition) is 3. The predicted octanol–water partition coefficient (Wildman–Crippen LogP) is 1.08. The van der Waals surface area contributed by atoms with E-state index in [1.807, 2.05) is 6.92 Å². The Bertz CT molecular complexity index is 568. The molecule has 0 amide bonds. The van der Waals surface area contributed by atoms with Crippen LogP contribution in [0.2, 0.25) is 0 Å². The minimum atomic E-state index is -4.00. The van der Waals surface area contributed by atoms with Gasteiger partial charge in [-0.05, 0) is 24.6 Å². The molecule has 1 aromatic carbocycles. The lowest BCUT2D eigenvalue weighted by Crippen LogP contribution is -2.68. The highest BCUT2D eigenvalue weighted by Gasteiger charge is 2.45. The van der Waals surface area contributed by atoms with Crippen molar-refractivity contribution in [1.29, 1.82) is 0 Å². The Morgan fingerprint density at radius 2 is 2.00 bits per heavy atom. The van der Waals surface area contributed by atoms with Crippen molar-refractivity contribution < 1.29 is 17.2 Å². The summed E-state index contributed by atoms with van der Waals surface area (Å²) < 4.78 is 51.6. The topological polar surface area (TPSA) is 63.4 Å². The Morgan fingerprint density at radius 3 is 2.56 bits per heavy atom. The van der Waals surface area contributed by atoms with E-state index in [1.165, 1.54) is 0 Å². The molecule has 1 fully saturated rings. The third kappa shape index (κ3) is 2.13. The van der Waals surface area contributed by atoms with Gasteiger partial charge in [-0.15, -0.1) is 0 Å². The molecule has 0 aliphatic carbocycles. The molecule has 1 aliphatic heterocycles. The van der Waals surface area contributed by atoms with Crippen LogP contribution in [0.3, 0.4) is 0 Å². The second kappa shape index (κ2) is 4.25. The van der Waals surface area contributed by atoms with Crippen LogP contribution in [0.15, 0.2) is 23.1 Å². The molecule has 1 aromatic rings. The van der Waals surface area contributed by atoms with Crippen molar-refractivity contribution in [2.75, 3.05) is 13.1 Å². The number of sulfonamides is 1. The van der Waals surface area contributed by atoms with Crippen molar-refractivity contribution in [2.45, 2.75) is 23.8 Å². The summed E-state index contributed by atoms with van der Waals surface area (Å²) in [6, 6.07) is 2.37. The van der Waals surface area contributed by atoms with Crippen LogP contribution >= 0.6 is 0 Å². The molecule has 0 spiro atoms. The molecule has 0 aromatic heterocycles. The molecule has 0 unspecified atom stereocenters. The van der Waals surface area contributed by atoms with E-state index in [4.69, 9.17) is 5.73 Å². The fourth-order valence-electron chi connectivity index (χ4n) is 1.86. The molecule has 0 bridgehead atoms. The zero-order valence-electron chi connectivity index (χ0n) is 9.86. The van der Waals surface area contributed by atoms with E-state index < -0.39 is 32.1 Å². The fraction of sp³-hybridized carbons (Fsp3) is 0.455. The first kappa shape index (κ1) is 13.4. The van der Waals surface area contributed by atoms with Gasteiger partial charge in [-0.3, -0.25) is 0 Å². The van der Waals surface area contributed by atoms with E-state index in [2.05, 4.69) is 0 Å². The Balaban J connectivity index is 2.31. The van der Waals surface area contributed by atoms with Crippen LogP contribution in [0, 0.1) is 11.6 Å². The zero-order valence-corrected chi connectivity index (χ0v) is 10.7. The average molecular weight is 276 g/mol. The van der Waals surface area contributed by atoms with E-state index in [-0.39, 0.29) is 13.1 Å². The minimum absolute atomic E-state index is 0.127. The summed E-state index contributed by atoms with van der Waals surface area (Å²) >= 11 is 0. The van der Waals surface area contributed by atoms with Gasteiger partial charge in [0, 0.05) is 18.6 Å². The molecule has 2 N–H and O–H groups in total. The smallest absolute Gasteiger partial charge is 0.246 e. The van der Waals surface area contributed by atoms with E-state index in [0.29, 0.717) is 12.5 Å². The molecular formula is C11H14F2N2O2S. The van der Waals surface area contributed by atoms with Crippen LogP contribution in [-0.4, -0.2) is 31.4 Å². The fourth-order valence-corrected chi connectivity index (χ4v) is 3.57. The van der Waals surface area contributed by atoms with Crippen molar-refractivity contribution in [3.8, 4) is 0 Å². The summed E-state index contributed by atoms with van der Waals surface area (Å²) in [7, 11) is -4.00. The Morgan fingerprint density at radius 1 is 1.39 bits per heavy atom. The molecule has 1 aliphatic rings. The second-order valence-electron chi connectivity index (χ2n) is 4.56. The van der Waals surface area contributed by atoms with E-state index in [1.54, 1.807) is 0 Å². The van der Waals surface area contributed by atoms with Crippen molar-refractivity contribution in [3.05, 3.63) is 29.8 Å². The molecule has 2 rings (SSSR count). The number of hydrogen-bond donors (Lipinski definition) is 1. The third-order valence-corrected chi connectivity index (χ3v) is 5.00. The molecule has 100 valence electrons. The van der Waals surface area contributed by atoms with Crippen molar-refractivity contribution >= 4 is 10.0 Å². The second-order valence-corrected chi connectivity index (χ2v) is 6.47. The van der Waals surface area contributed by atoms with Gasteiger partial charge >= 0.3 is 0 Å². The van der Waals surface area contributed by atoms with Gasteiger partial charge in [0.1, 0.15) is 16.5 Å². The summed E-state index contributed by atoms with van der Waals surface area (Å²) in [6.45, 7) is 2.11. The van der Waals surface area contributed by atoms with Gasteiger partial charge in [0.15, 0.2) is 0 Å². The summed E-state index contributed by atoms with van der Waals surface area (Å²) in [5.74, 6) is -1.74. The highest BCUT2D eigenvalue weighted by molar-refractivity contribution is 7.89. The number of halogens is 2. The lowest BCUT2D eigenvalue weighted by Gasteiger charge is -2.46. The van der Waals surface area contributed by atoms with Gasteiger partial charge in [-0.1, -0.05) is 6.92 Å². The van der Waals surface area contributed by atoms with Crippen molar-refractivity contribution in [1.82, 2.24) is 4.31 Å². The lowest BCUT2D eigenvalue weighted by atomic mass is 9.91. The van der Waals surface area contributed by atoms with Crippen LogP contribution in [0.5, 0.6) is 0 Å². The number of rotatable bonds is 3. The largest absolute Gasteiger partial charge is 0.323 e. The Kier molecular flexibility index (Phi) is 3.16. The SMILES string of the molecule is CCC1(N)CN(S(=O)(=O)c2cc(F)ccc2F)C1. The Hall–Kier alpha value is -1.05. The maximum Gasteiger partial charge on any atom is 0.246 e. The van der Waals surface area contributed by atoms with E-state index >= 15 is 0 Å². The minimum Gasteiger partial charge on any atom is -0.323 e. The zero-order chi connectivity index (χ0) is 13.6. The van der Waals surface area contributed by atoms with Crippen molar-refractivity contribution in [2.24, 2.45) is 5.73 Å². The Labute approximate surface area is 104 Å². The van der Waals surface area contributed by atoms with Crippen LogP contribution < -0.4 is 5.73 Å². The lowest BCUT2D eigenvalue weighted by molar-refractivity contribution is 0.153. The molecule has 0 atom stereocenters. The monoisotopic (exact) mass is 276 g/mol. The summed E-state index contributed by atoms with van der Waals surface area (Å²) in [6.07, 6.45) is 0.630. The molecule has 1 heterocycles. The first-order chi connectivity index (χ1) is 8.28. The summed E-state index contributed by atoms with van der Waals surface area (Å²) in [5.41, 5.74) is 5.30. The van der Waals surface area contributed by atoms with Crippen LogP contribution in [0.4, 0.5) is 8.78 Å². The van der Waals surface area contributed by atoms with Gasteiger partial charge in [0.25, 0.3) is 0 Å². The maximum absolute atomic E-state index is 13.5. The number of benzene rings is 1. The molecule has 0 radical (unpaired) electrons. The molecule has 7 heteroatoms. The number of nitrogens with two attached hydrogens (primary N) is 1. The van der Waals surface area contributed by atoms with Crippen LogP contribution in [-0.2, 0) is 10.0 Å². The summed E-state index contributed by atoms with van der Waals surface area (Å²) in [5, 5.41) is 0. The highest BCUT2D eigenvalue weighted by atomic mass is 32.2. The van der Waals surface area contributed by atoms with Gasteiger partial charge in [-0.25, -0.2) is 17.2 Å². The van der Waals surface area contributed by atoms with Crippen molar-refractivity contribution in [3.63, 3.8) is 0 Å². The molecule has 18 heavy (non-hydrogen) atoms. The van der Waals surface area contributed by atoms with Gasteiger partial charge in [0.2, 0.25) is 10.0 Å². The molecular weight excluding hydrogens is 262 g/mol. The van der Waals surface area contributed by atoms with Crippen LogP contribution in [0.25, 0.3) is 0 Å². The number of nitrogens with zero attached hydrogens (tertiary/aromatic N) is 1. The van der Waals surface area contributed by atoms with Gasteiger partial charge < -0.3 is 5.73 Å². The normalized spacial score (nSPS) is 19.6. The molecule has 4 nitrogen and oxygen atoms in total. The third-order valence-electron chi connectivity index (χ3n) is 3.20. The van der Waals surface area contributed by atoms with E-state index in [0.717, 1.165) is 16.4 Å². The van der Waals surface area contributed by atoms with E-state index in [9.17, 15) is 17.2 Å². The first-order valence-corrected chi connectivity index (χ1v) is 6.96.